The summed E-state index contributed by atoms with van der Waals surface area (Å²) in [5, 5.41) is 2.73. The van der Waals surface area contributed by atoms with Gasteiger partial charge in [0.2, 0.25) is 10.0 Å². The number of carbonyl (C=O) groups is 1. The van der Waals surface area contributed by atoms with Gasteiger partial charge in [0, 0.05) is 26.3 Å². The molecule has 1 fully saturated rings. The fraction of sp³-hybridized carbons (Fsp3) is 0.381. The lowest BCUT2D eigenvalue weighted by molar-refractivity contribution is 0.0679. The molecule has 1 aliphatic heterocycles. The van der Waals surface area contributed by atoms with E-state index in [-0.39, 0.29) is 16.7 Å². The van der Waals surface area contributed by atoms with Crippen LogP contribution in [-0.4, -0.2) is 59.2 Å². The number of ether oxygens (including phenoxy) is 3. The Bertz CT molecular complexity index is 1000. The molecule has 162 valence electrons. The van der Waals surface area contributed by atoms with Crippen molar-refractivity contribution in [2.24, 2.45) is 0 Å². The van der Waals surface area contributed by atoms with Gasteiger partial charge in [-0.1, -0.05) is 6.07 Å². The molecule has 0 aromatic heterocycles. The molecule has 2 aromatic carbocycles. The third-order valence-electron chi connectivity index (χ3n) is 4.75. The number of hydrogen-bond donors (Lipinski definition) is 1. The van der Waals surface area contributed by atoms with E-state index >= 15 is 0 Å². The predicted octanol–water partition coefficient (Wildman–Crippen LogP) is 2.76. The maximum absolute atomic E-state index is 12.8. The number of hydrogen-bond acceptors (Lipinski definition) is 6. The van der Waals surface area contributed by atoms with E-state index in [1.165, 1.54) is 39.4 Å². The van der Waals surface area contributed by atoms with Crippen molar-refractivity contribution in [3.63, 3.8) is 0 Å². The third-order valence-corrected chi connectivity index (χ3v) is 6.56. The molecular weight excluding hydrogens is 408 g/mol. The number of amides is 1. The molecule has 30 heavy (non-hydrogen) atoms. The average molecular weight is 435 g/mol. The van der Waals surface area contributed by atoms with Crippen LogP contribution in [0.25, 0.3) is 0 Å². The molecule has 1 aliphatic rings. The van der Waals surface area contributed by atoms with Crippen molar-refractivity contribution in [2.75, 3.05) is 39.7 Å². The monoisotopic (exact) mass is 434 g/mol. The van der Waals surface area contributed by atoms with Gasteiger partial charge in [-0.15, -0.1) is 0 Å². The highest BCUT2D eigenvalue weighted by Gasteiger charge is 2.20. The number of nitrogens with one attached hydrogen (secondary N) is 1. The van der Waals surface area contributed by atoms with E-state index in [2.05, 4.69) is 5.32 Å². The zero-order chi connectivity index (χ0) is 21.7. The zero-order valence-electron chi connectivity index (χ0n) is 17.3. The van der Waals surface area contributed by atoms with E-state index < -0.39 is 15.9 Å². The molecular formula is C21H26N2O6S. The largest absolute Gasteiger partial charge is 0.495 e. The summed E-state index contributed by atoms with van der Waals surface area (Å²) in [4.78, 5) is 12.8. The summed E-state index contributed by atoms with van der Waals surface area (Å²) >= 11 is 0. The highest BCUT2D eigenvalue weighted by molar-refractivity contribution is 7.89. The number of anilines is 1. The number of sulfonamides is 1. The van der Waals surface area contributed by atoms with Crippen LogP contribution in [0, 0.1) is 0 Å². The quantitative estimate of drug-likeness (QED) is 0.687. The maximum Gasteiger partial charge on any atom is 0.255 e. The van der Waals surface area contributed by atoms with Crippen molar-refractivity contribution < 1.29 is 27.4 Å². The van der Waals surface area contributed by atoms with E-state index in [0.29, 0.717) is 23.7 Å². The molecule has 2 aromatic rings. The van der Waals surface area contributed by atoms with Gasteiger partial charge < -0.3 is 19.5 Å². The van der Waals surface area contributed by atoms with Gasteiger partial charge in [-0.25, -0.2) is 12.7 Å². The normalized spacial score (nSPS) is 16.5. The molecule has 0 spiro atoms. The Morgan fingerprint density at radius 3 is 2.70 bits per heavy atom. The van der Waals surface area contributed by atoms with Crippen molar-refractivity contribution in [1.29, 1.82) is 0 Å². The summed E-state index contributed by atoms with van der Waals surface area (Å²) in [6.07, 6.45) is 2.07. The Morgan fingerprint density at radius 1 is 1.23 bits per heavy atom. The predicted molar refractivity (Wildman–Crippen MR) is 113 cm³/mol. The van der Waals surface area contributed by atoms with Crippen molar-refractivity contribution >= 4 is 21.6 Å². The minimum Gasteiger partial charge on any atom is -0.495 e. The van der Waals surface area contributed by atoms with E-state index in [1.807, 2.05) is 0 Å². The van der Waals surface area contributed by atoms with Gasteiger partial charge >= 0.3 is 0 Å². The Balaban J connectivity index is 1.77. The molecule has 9 heteroatoms. The molecule has 8 nitrogen and oxygen atoms in total. The lowest BCUT2D eigenvalue weighted by atomic mass is 10.2. The summed E-state index contributed by atoms with van der Waals surface area (Å²) < 4.78 is 42.5. The fourth-order valence-electron chi connectivity index (χ4n) is 3.04. The van der Waals surface area contributed by atoms with Crippen LogP contribution < -0.4 is 14.8 Å². The van der Waals surface area contributed by atoms with E-state index in [9.17, 15) is 13.2 Å². The molecule has 1 heterocycles. The van der Waals surface area contributed by atoms with Crippen molar-refractivity contribution in [3.8, 4) is 11.5 Å². The molecule has 1 unspecified atom stereocenters. The van der Waals surface area contributed by atoms with Gasteiger partial charge in [-0.2, -0.15) is 0 Å². The van der Waals surface area contributed by atoms with Crippen LogP contribution in [0.2, 0.25) is 0 Å². The summed E-state index contributed by atoms with van der Waals surface area (Å²) in [7, 11) is 0.685. The first-order valence-corrected chi connectivity index (χ1v) is 11.0. The smallest absolute Gasteiger partial charge is 0.255 e. The molecule has 0 radical (unpaired) electrons. The molecule has 0 bridgehead atoms. The summed E-state index contributed by atoms with van der Waals surface area (Å²) in [6.45, 7) is 1.18. The number of benzene rings is 2. The first-order chi connectivity index (χ1) is 14.3. The fourth-order valence-corrected chi connectivity index (χ4v) is 3.97. The Kier molecular flexibility index (Phi) is 6.96. The minimum absolute atomic E-state index is 0.0530. The summed E-state index contributed by atoms with van der Waals surface area (Å²) in [5.41, 5.74) is 0.638. The molecule has 1 N–H and O–H groups in total. The second-order valence-electron chi connectivity index (χ2n) is 7.08. The molecule has 1 amide bonds. The zero-order valence-corrected chi connectivity index (χ0v) is 18.1. The Hall–Kier alpha value is -2.62. The van der Waals surface area contributed by atoms with Crippen LogP contribution in [0.4, 0.5) is 5.69 Å². The van der Waals surface area contributed by atoms with Gasteiger partial charge in [0.05, 0.1) is 23.8 Å². The van der Waals surface area contributed by atoms with Crippen LogP contribution >= 0.6 is 0 Å². The standard InChI is InChI=1S/C21H26N2O6S/c1-23(2)30(25,26)18-9-10-20(27-3)19(13-18)22-21(24)15-6-4-7-16(12-15)29-14-17-8-5-11-28-17/h4,6-7,9-10,12-13,17H,5,8,11,14H2,1-3H3,(H,22,24). The lowest BCUT2D eigenvalue weighted by Gasteiger charge is -2.15. The number of nitrogens with zero attached hydrogens (tertiary/aromatic N) is 1. The summed E-state index contributed by atoms with van der Waals surface area (Å²) in [5.74, 6) is 0.510. The van der Waals surface area contributed by atoms with Crippen molar-refractivity contribution in [2.45, 2.75) is 23.8 Å². The molecule has 3 rings (SSSR count). The highest BCUT2D eigenvalue weighted by Crippen LogP contribution is 2.29. The van der Waals surface area contributed by atoms with E-state index in [1.54, 1.807) is 24.3 Å². The third kappa shape index (κ3) is 5.10. The molecule has 0 aliphatic carbocycles. The first kappa shape index (κ1) is 22.1. The average Bonchev–Trinajstić information content (AvgIpc) is 3.26. The van der Waals surface area contributed by atoms with Gasteiger partial charge in [0.15, 0.2) is 0 Å². The maximum atomic E-state index is 12.8. The summed E-state index contributed by atoms with van der Waals surface area (Å²) in [6, 6.07) is 11.1. The number of carbonyl (C=O) groups excluding carboxylic acids is 1. The van der Waals surface area contributed by atoms with Crippen LogP contribution in [0.5, 0.6) is 11.5 Å². The lowest BCUT2D eigenvalue weighted by Crippen LogP contribution is -2.22. The Morgan fingerprint density at radius 2 is 2.03 bits per heavy atom. The molecule has 1 atom stereocenters. The van der Waals surface area contributed by atoms with Crippen molar-refractivity contribution in [3.05, 3.63) is 48.0 Å². The Labute approximate surface area is 176 Å². The number of methoxy groups -OCH3 is 1. The molecule has 1 saturated heterocycles. The first-order valence-electron chi connectivity index (χ1n) is 9.57. The van der Waals surface area contributed by atoms with Crippen LogP contribution in [-0.2, 0) is 14.8 Å². The van der Waals surface area contributed by atoms with Crippen LogP contribution in [0.1, 0.15) is 23.2 Å². The SMILES string of the molecule is COc1ccc(S(=O)(=O)N(C)C)cc1NC(=O)c1cccc(OCC2CCCO2)c1. The van der Waals surface area contributed by atoms with Gasteiger partial charge in [0.1, 0.15) is 18.1 Å². The minimum atomic E-state index is -3.65. The highest BCUT2D eigenvalue weighted by atomic mass is 32.2. The van der Waals surface area contributed by atoms with Crippen LogP contribution in [0.15, 0.2) is 47.4 Å². The molecule has 0 saturated carbocycles. The second kappa shape index (κ2) is 9.46. The van der Waals surface area contributed by atoms with E-state index in [4.69, 9.17) is 14.2 Å². The number of rotatable bonds is 8. The van der Waals surface area contributed by atoms with Gasteiger partial charge in [-0.05, 0) is 49.2 Å². The van der Waals surface area contributed by atoms with Gasteiger partial charge in [-0.3, -0.25) is 4.79 Å². The van der Waals surface area contributed by atoms with Crippen LogP contribution in [0.3, 0.4) is 0 Å². The van der Waals surface area contributed by atoms with Crippen molar-refractivity contribution in [1.82, 2.24) is 4.31 Å². The second-order valence-corrected chi connectivity index (χ2v) is 9.23. The van der Waals surface area contributed by atoms with E-state index in [0.717, 1.165) is 23.8 Å². The van der Waals surface area contributed by atoms with Gasteiger partial charge in [0.25, 0.3) is 5.91 Å². The topological polar surface area (TPSA) is 94.2 Å².